The van der Waals surface area contributed by atoms with Gasteiger partial charge < -0.3 is 10.4 Å². The molecule has 1 aliphatic heterocycles. The quantitative estimate of drug-likeness (QED) is 0.597. The Morgan fingerprint density at radius 2 is 2.42 bits per heavy atom. The predicted octanol–water partition coefficient (Wildman–Crippen LogP) is -0.343. The van der Waals surface area contributed by atoms with Crippen LogP contribution in [0.15, 0.2) is 18.6 Å². The van der Waals surface area contributed by atoms with Crippen LogP contribution in [0, 0.1) is 0 Å². The maximum Gasteiger partial charge on any atom is 0.122 e. The van der Waals surface area contributed by atoms with Gasteiger partial charge in [0, 0.05) is 18.9 Å². The van der Waals surface area contributed by atoms with Crippen LogP contribution in [0.3, 0.4) is 0 Å². The maximum atomic E-state index is 10.00. The van der Waals surface area contributed by atoms with Crippen molar-refractivity contribution in [3.05, 3.63) is 24.3 Å². The molecule has 1 aromatic heterocycles. The Morgan fingerprint density at radius 3 is 3.00 bits per heavy atom. The molecule has 4 nitrogen and oxygen atoms in total. The van der Waals surface area contributed by atoms with Crippen molar-refractivity contribution >= 4 is 0 Å². The van der Waals surface area contributed by atoms with Crippen molar-refractivity contribution in [2.24, 2.45) is 0 Å². The van der Waals surface area contributed by atoms with Crippen molar-refractivity contribution in [1.82, 2.24) is 15.3 Å². The first-order chi connectivity index (χ1) is 5.81. The van der Waals surface area contributed by atoms with Gasteiger partial charge in [-0.2, -0.15) is 0 Å². The standard InChI is InChI=1S/C8H11N3O/c12-8(1-2-10-6-8)7-5-9-3-4-11-7/h3-5,10,12H,1-2,6H2. The zero-order valence-electron chi connectivity index (χ0n) is 6.70. The van der Waals surface area contributed by atoms with Crippen LogP contribution in [-0.4, -0.2) is 28.2 Å². The minimum Gasteiger partial charge on any atom is -0.382 e. The number of nitrogens with zero attached hydrogens (tertiary/aromatic N) is 2. The lowest BCUT2D eigenvalue weighted by molar-refractivity contribution is 0.0537. The Bertz CT molecular complexity index is 256. The maximum absolute atomic E-state index is 10.00. The van der Waals surface area contributed by atoms with E-state index in [0.29, 0.717) is 18.7 Å². The first-order valence-electron chi connectivity index (χ1n) is 4.01. The minimum absolute atomic E-state index is 0.575. The zero-order chi connectivity index (χ0) is 8.44. The fourth-order valence-electron chi connectivity index (χ4n) is 1.44. The lowest BCUT2D eigenvalue weighted by Gasteiger charge is -2.19. The van der Waals surface area contributed by atoms with Gasteiger partial charge in [-0.25, -0.2) is 0 Å². The second-order valence-electron chi connectivity index (χ2n) is 3.05. The normalized spacial score (nSPS) is 29.1. The number of aromatic nitrogens is 2. The summed E-state index contributed by atoms with van der Waals surface area (Å²) in [5.41, 5.74) is -0.135. The van der Waals surface area contributed by atoms with Crippen molar-refractivity contribution in [3.8, 4) is 0 Å². The lowest BCUT2D eigenvalue weighted by Crippen LogP contribution is -2.29. The van der Waals surface area contributed by atoms with E-state index in [0.717, 1.165) is 6.54 Å². The Kier molecular flexibility index (Phi) is 1.78. The third-order valence-electron chi connectivity index (χ3n) is 2.17. The van der Waals surface area contributed by atoms with Gasteiger partial charge in [0.1, 0.15) is 5.60 Å². The highest BCUT2D eigenvalue weighted by molar-refractivity contribution is 5.11. The van der Waals surface area contributed by atoms with E-state index in [1.54, 1.807) is 18.6 Å². The van der Waals surface area contributed by atoms with Crippen LogP contribution in [0.4, 0.5) is 0 Å². The number of hydrogen-bond donors (Lipinski definition) is 2. The van der Waals surface area contributed by atoms with Crippen molar-refractivity contribution in [3.63, 3.8) is 0 Å². The largest absolute Gasteiger partial charge is 0.382 e. The average molecular weight is 165 g/mol. The summed E-state index contributed by atoms with van der Waals surface area (Å²) in [5, 5.41) is 13.1. The molecule has 64 valence electrons. The molecule has 0 radical (unpaired) electrons. The zero-order valence-corrected chi connectivity index (χ0v) is 6.70. The Morgan fingerprint density at radius 1 is 1.50 bits per heavy atom. The van der Waals surface area contributed by atoms with E-state index in [2.05, 4.69) is 15.3 Å². The van der Waals surface area contributed by atoms with Gasteiger partial charge in [-0.3, -0.25) is 9.97 Å². The van der Waals surface area contributed by atoms with Crippen molar-refractivity contribution < 1.29 is 5.11 Å². The summed E-state index contributed by atoms with van der Waals surface area (Å²) in [6, 6.07) is 0. The van der Waals surface area contributed by atoms with Gasteiger partial charge in [-0.1, -0.05) is 0 Å². The predicted molar refractivity (Wildman–Crippen MR) is 43.4 cm³/mol. The Balaban J connectivity index is 2.29. The minimum atomic E-state index is -0.797. The van der Waals surface area contributed by atoms with Gasteiger partial charge in [0.2, 0.25) is 0 Å². The van der Waals surface area contributed by atoms with Gasteiger partial charge in [-0.05, 0) is 13.0 Å². The van der Waals surface area contributed by atoms with Crippen LogP contribution >= 0.6 is 0 Å². The van der Waals surface area contributed by atoms with E-state index < -0.39 is 5.60 Å². The van der Waals surface area contributed by atoms with Crippen molar-refractivity contribution in [1.29, 1.82) is 0 Å². The van der Waals surface area contributed by atoms with Gasteiger partial charge in [0.15, 0.2) is 0 Å². The molecule has 2 heterocycles. The molecule has 0 aromatic carbocycles. The van der Waals surface area contributed by atoms with Crippen LogP contribution < -0.4 is 5.32 Å². The molecule has 2 N–H and O–H groups in total. The number of hydrogen-bond acceptors (Lipinski definition) is 4. The molecule has 1 saturated heterocycles. The smallest absolute Gasteiger partial charge is 0.122 e. The molecule has 0 saturated carbocycles. The second kappa shape index (κ2) is 2.80. The number of rotatable bonds is 1. The molecule has 1 unspecified atom stereocenters. The molecule has 1 aromatic rings. The molecule has 1 atom stereocenters. The fraction of sp³-hybridized carbons (Fsp3) is 0.500. The number of nitrogens with one attached hydrogen (secondary N) is 1. The highest BCUT2D eigenvalue weighted by Gasteiger charge is 2.34. The molecule has 12 heavy (non-hydrogen) atoms. The molecule has 2 rings (SSSR count). The molecule has 1 aliphatic rings. The Hall–Kier alpha value is -1.00. The summed E-state index contributed by atoms with van der Waals surface area (Å²) in [7, 11) is 0. The summed E-state index contributed by atoms with van der Waals surface area (Å²) in [6.45, 7) is 1.42. The van der Waals surface area contributed by atoms with Crippen LogP contribution in [-0.2, 0) is 5.60 Å². The van der Waals surface area contributed by atoms with E-state index in [4.69, 9.17) is 0 Å². The lowest BCUT2D eigenvalue weighted by atomic mass is 10.00. The first-order valence-corrected chi connectivity index (χ1v) is 4.01. The SMILES string of the molecule is OC1(c2cnccn2)CCNC1. The molecular formula is C8H11N3O. The number of aliphatic hydroxyl groups is 1. The van der Waals surface area contributed by atoms with Crippen LogP contribution in [0.1, 0.15) is 12.1 Å². The first kappa shape index (κ1) is 7.64. The monoisotopic (exact) mass is 165 g/mol. The van der Waals surface area contributed by atoms with E-state index in [1.165, 1.54) is 0 Å². The van der Waals surface area contributed by atoms with Crippen molar-refractivity contribution in [2.75, 3.05) is 13.1 Å². The van der Waals surface area contributed by atoms with E-state index >= 15 is 0 Å². The summed E-state index contributed by atoms with van der Waals surface area (Å²) in [5.74, 6) is 0. The fourth-order valence-corrected chi connectivity index (χ4v) is 1.44. The van der Waals surface area contributed by atoms with E-state index in [1.807, 2.05) is 0 Å². The second-order valence-corrected chi connectivity index (χ2v) is 3.05. The Labute approximate surface area is 70.7 Å². The van der Waals surface area contributed by atoms with Crippen molar-refractivity contribution in [2.45, 2.75) is 12.0 Å². The third-order valence-corrected chi connectivity index (χ3v) is 2.17. The van der Waals surface area contributed by atoms with Gasteiger partial charge >= 0.3 is 0 Å². The summed E-state index contributed by atoms with van der Waals surface area (Å²) < 4.78 is 0. The molecule has 1 fully saturated rings. The molecule has 0 spiro atoms. The summed E-state index contributed by atoms with van der Waals surface area (Å²) in [4.78, 5) is 8.00. The topological polar surface area (TPSA) is 58.0 Å². The van der Waals surface area contributed by atoms with Gasteiger partial charge in [0.25, 0.3) is 0 Å². The molecule has 0 bridgehead atoms. The van der Waals surface area contributed by atoms with E-state index in [-0.39, 0.29) is 0 Å². The summed E-state index contributed by atoms with van der Waals surface area (Å²) >= 11 is 0. The number of β-amino-alcohol motifs (C(OH)–C–C–N with tert-alkyl or cyclic N) is 1. The van der Waals surface area contributed by atoms with Gasteiger partial charge in [0.05, 0.1) is 11.9 Å². The molecular weight excluding hydrogens is 154 g/mol. The summed E-state index contributed by atoms with van der Waals surface area (Å²) in [6.07, 6.45) is 5.54. The molecule has 4 heteroatoms. The highest BCUT2D eigenvalue weighted by Crippen LogP contribution is 2.24. The molecule has 0 amide bonds. The van der Waals surface area contributed by atoms with Crippen LogP contribution in [0.2, 0.25) is 0 Å². The average Bonchev–Trinajstić information content (AvgIpc) is 2.55. The molecule has 0 aliphatic carbocycles. The third kappa shape index (κ3) is 1.19. The highest BCUT2D eigenvalue weighted by atomic mass is 16.3. The van der Waals surface area contributed by atoms with E-state index in [9.17, 15) is 5.11 Å². The van der Waals surface area contributed by atoms with Gasteiger partial charge in [-0.15, -0.1) is 0 Å². The van der Waals surface area contributed by atoms with Crippen LogP contribution in [0.5, 0.6) is 0 Å². The van der Waals surface area contributed by atoms with Crippen LogP contribution in [0.25, 0.3) is 0 Å².